The van der Waals surface area contributed by atoms with Gasteiger partial charge >= 0.3 is 5.97 Å². The lowest BCUT2D eigenvalue weighted by Crippen LogP contribution is -2.51. The van der Waals surface area contributed by atoms with E-state index in [1.165, 1.54) is 0 Å². The van der Waals surface area contributed by atoms with E-state index in [1.807, 2.05) is 27.7 Å². The van der Waals surface area contributed by atoms with Crippen molar-refractivity contribution >= 4 is 24.2 Å². The van der Waals surface area contributed by atoms with E-state index < -0.39 is 36.3 Å². The smallest absolute Gasteiger partial charge is 0.322 e. The molecule has 0 aliphatic rings. The molecule has 0 saturated carbocycles. The number of nitrogens with one attached hydrogen (secondary N) is 2. The van der Waals surface area contributed by atoms with Gasteiger partial charge in [0.15, 0.2) is 0 Å². The van der Waals surface area contributed by atoms with Crippen LogP contribution in [0.25, 0.3) is 0 Å². The van der Waals surface area contributed by atoms with Crippen molar-refractivity contribution in [2.45, 2.75) is 46.6 Å². The first-order chi connectivity index (χ1) is 11.6. The number of carbonyl (C=O) groups excluding carboxylic acids is 3. The average Bonchev–Trinajstić information content (AvgIpc) is 2.49. The second-order valence-electron chi connectivity index (χ2n) is 6.86. The predicted molar refractivity (Wildman–Crippen MR) is 89.5 cm³/mol. The van der Waals surface area contributed by atoms with Crippen LogP contribution >= 0.6 is 0 Å². The number of hydrogen-bond acceptors (Lipinski definition) is 5. The molecule has 0 aromatic carbocycles. The van der Waals surface area contributed by atoms with Crippen molar-refractivity contribution in [2.75, 3.05) is 13.1 Å². The lowest BCUT2D eigenvalue weighted by atomic mass is 9.95. The predicted octanol–water partition coefficient (Wildman–Crippen LogP) is 0.228. The summed E-state index contributed by atoms with van der Waals surface area (Å²) in [5.41, 5.74) is 0. The van der Waals surface area contributed by atoms with Gasteiger partial charge in [0.1, 0.15) is 12.6 Å². The Morgan fingerprint density at radius 2 is 1.60 bits per heavy atom. The molecule has 0 aliphatic heterocycles. The van der Waals surface area contributed by atoms with Crippen LogP contribution in [0.4, 0.5) is 0 Å². The molecule has 0 heterocycles. The van der Waals surface area contributed by atoms with Crippen molar-refractivity contribution < 1.29 is 29.5 Å². The van der Waals surface area contributed by atoms with Gasteiger partial charge in [-0.25, -0.2) is 5.06 Å². The summed E-state index contributed by atoms with van der Waals surface area (Å²) in [6.07, 6.45) is 0.968. The highest BCUT2D eigenvalue weighted by molar-refractivity contribution is 5.90. The minimum Gasteiger partial charge on any atom is -0.480 e. The van der Waals surface area contributed by atoms with Gasteiger partial charge in [-0.15, -0.1) is 0 Å². The van der Waals surface area contributed by atoms with Gasteiger partial charge in [0, 0.05) is 0 Å². The molecule has 1 unspecified atom stereocenters. The summed E-state index contributed by atoms with van der Waals surface area (Å²) in [4.78, 5) is 45.8. The quantitative estimate of drug-likeness (QED) is 0.224. The highest BCUT2D eigenvalue weighted by atomic mass is 16.5. The van der Waals surface area contributed by atoms with Gasteiger partial charge in [0.2, 0.25) is 18.2 Å². The standard InChI is InChI=1S/C16H29N3O6/c1-10(2)5-12(8-19(25)9-20)15(23)18-13(6-11(3)4)16(24)17-7-14(21)22/h9-13,25H,5-8H2,1-4H3,(H,17,24)(H,18,23)(H,21,22)/t12?,13-/m0/s1. The molecule has 0 bridgehead atoms. The van der Waals surface area contributed by atoms with E-state index in [-0.39, 0.29) is 24.8 Å². The second kappa shape index (κ2) is 11.4. The van der Waals surface area contributed by atoms with Crippen LogP contribution in [-0.4, -0.2) is 58.7 Å². The second-order valence-corrected chi connectivity index (χ2v) is 6.86. The molecule has 25 heavy (non-hydrogen) atoms. The number of nitrogens with zero attached hydrogens (tertiary/aromatic N) is 1. The number of amides is 3. The summed E-state index contributed by atoms with van der Waals surface area (Å²) in [6, 6.07) is -0.884. The third-order valence-corrected chi connectivity index (χ3v) is 3.41. The molecular formula is C16H29N3O6. The SMILES string of the molecule is CC(C)CC(CN(O)C=O)C(=O)N[C@@H](CC(C)C)C(=O)NCC(=O)O. The van der Waals surface area contributed by atoms with Crippen molar-refractivity contribution in [3.05, 3.63) is 0 Å². The number of hydrogen-bond donors (Lipinski definition) is 4. The van der Waals surface area contributed by atoms with E-state index in [2.05, 4.69) is 10.6 Å². The molecule has 0 rings (SSSR count). The lowest BCUT2D eigenvalue weighted by molar-refractivity contribution is -0.155. The van der Waals surface area contributed by atoms with E-state index in [9.17, 15) is 24.4 Å². The van der Waals surface area contributed by atoms with Gasteiger partial charge < -0.3 is 15.7 Å². The van der Waals surface area contributed by atoms with Gasteiger partial charge in [0.05, 0.1) is 12.5 Å². The Morgan fingerprint density at radius 3 is 2.04 bits per heavy atom. The maximum Gasteiger partial charge on any atom is 0.322 e. The molecule has 9 nitrogen and oxygen atoms in total. The fourth-order valence-corrected chi connectivity index (χ4v) is 2.38. The Morgan fingerprint density at radius 1 is 1.04 bits per heavy atom. The van der Waals surface area contributed by atoms with Crippen molar-refractivity contribution in [2.24, 2.45) is 17.8 Å². The molecule has 0 fully saturated rings. The summed E-state index contributed by atoms with van der Waals surface area (Å²) in [6.45, 7) is 6.82. The van der Waals surface area contributed by atoms with Crippen LogP contribution in [0.3, 0.4) is 0 Å². The van der Waals surface area contributed by atoms with Crippen molar-refractivity contribution in [1.29, 1.82) is 0 Å². The number of rotatable bonds is 12. The highest BCUT2D eigenvalue weighted by Gasteiger charge is 2.28. The largest absolute Gasteiger partial charge is 0.480 e. The molecule has 0 aromatic rings. The zero-order valence-corrected chi connectivity index (χ0v) is 15.2. The molecule has 0 aliphatic carbocycles. The lowest BCUT2D eigenvalue weighted by Gasteiger charge is -2.25. The van der Waals surface area contributed by atoms with Gasteiger partial charge in [-0.3, -0.25) is 24.4 Å². The molecule has 0 radical (unpaired) electrons. The Hall–Kier alpha value is -2.16. The number of carbonyl (C=O) groups is 4. The minimum absolute atomic E-state index is 0.0914. The fraction of sp³-hybridized carbons (Fsp3) is 0.750. The first kappa shape index (κ1) is 22.8. The van der Waals surface area contributed by atoms with Gasteiger partial charge in [-0.05, 0) is 24.7 Å². The van der Waals surface area contributed by atoms with Crippen LogP contribution in [0.15, 0.2) is 0 Å². The third-order valence-electron chi connectivity index (χ3n) is 3.41. The van der Waals surface area contributed by atoms with Gasteiger partial charge in [-0.2, -0.15) is 0 Å². The van der Waals surface area contributed by atoms with Crippen LogP contribution in [0.1, 0.15) is 40.5 Å². The minimum atomic E-state index is -1.18. The van der Waals surface area contributed by atoms with Crippen molar-refractivity contribution in [3.8, 4) is 0 Å². The van der Waals surface area contributed by atoms with Crippen LogP contribution in [0, 0.1) is 17.8 Å². The van der Waals surface area contributed by atoms with E-state index in [0.717, 1.165) is 0 Å². The Bertz CT molecular complexity index is 467. The first-order valence-corrected chi connectivity index (χ1v) is 8.27. The summed E-state index contributed by atoms with van der Waals surface area (Å²) in [5, 5.41) is 23.3. The molecule has 4 N–H and O–H groups in total. The number of hydroxylamine groups is 2. The highest BCUT2D eigenvalue weighted by Crippen LogP contribution is 2.14. The molecule has 0 aromatic heterocycles. The third kappa shape index (κ3) is 10.3. The zero-order chi connectivity index (χ0) is 19.6. The molecule has 0 saturated heterocycles. The maximum absolute atomic E-state index is 12.5. The Labute approximate surface area is 147 Å². The normalized spacial score (nSPS) is 13.2. The van der Waals surface area contributed by atoms with E-state index >= 15 is 0 Å². The number of carboxylic acids is 1. The molecule has 2 atom stereocenters. The van der Waals surface area contributed by atoms with Crippen molar-refractivity contribution in [3.63, 3.8) is 0 Å². The Balaban J connectivity index is 5.05. The number of aliphatic carboxylic acids is 1. The monoisotopic (exact) mass is 359 g/mol. The topological polar surface area (TPSA) is 136 Å². The van der Waals surface area contributed by atoms with E-state index in [0.29, 0.717) is 17.9 Å². The molecule has 3 amide bonds. The van der Waals surface area contributed by atoms with Crippen LogP contribution in [-0.2, 0) is 19.2 Å². The summed E-state index contributed by atoms with van der Waals surface area (Å²) in [7, 11) is 0. The van der Waals surface area contributed by atoms with E-state index in [4.69, 9.17) is 5.11 Å². The fourth-order valence-electron chi connectivity index (χ4n) is 2.38. The number of carboxylic acid groups (broad SMARTS) is 1. The van der Waals surface area contributed by atoms with Crippen molar-refractivity contribution in [1.82, 2.24) is 15.7 Å². The summed E-state index contributed by atoms with van der Waals surface area (Å²) in [5.74, 6) is -2.68. The zero-order valence-electron chi connectivity index (χ0n) is 15.2. The maximum atomic E-state index is 12.5. The van der Waals surface area contributed by atoms with Crippen LogP contribution in [0.2, 0.25) is 0 Å². The van der Waals surface area contributed by atoms with Gasteiger partial charge in [-0.1, -0.05) is 27.7 Å². The van der Waals surface area contributed by atoms with Crippen LogP contribution < -0.4 is 10.6 Å². The first-order valence-electron chi connectivity index (χ1n) is 8.27. The van der Waals surface area contributed by atoms with Gasteiger partial charge in [0.25, 0.3) is 0 Å². The molecule has 0 spiro atoms. The molecule has 9 heteroatoms. The van der Waals surface area contributed by atoms with E-state index in [1.54, 1.807) is 0 Å². The van der Waals surface area contributed by atoms with Crippen LogP contribution in [0.5, 0.6) is 0 Å². The molecule has 144 valence electrons. The average molecular weight is 359 g/mol. The summed E-state index contributed by atoms with van der Waals surface area (Å²) < 4.78 is 0. The molecular weight excluding hydrogens is 330 g/mol. The summed E-state index contributed by atoms with van der Waals surface area (Å²) >= 11 is 0. The Kier molecular flexibility index (Phi) is 10.4.